The summed E-state index contributed by atoms with van der Waals surface area (Å²) < 4.78 is 27.4. The Morgan fingerprint density at radius 2 is 2.10 bits per heavy atom. The van der Waals surface area contributed by atoms with E-state index in [1.54, 1.807) is 10.4 Å². The quantitative estimate of drug-likeness (QED) is 0.885. The Labute approximate surface area is 131 Å². The van der Waals surface area contributed by atoms with Crippen LogP contribution in [0.25, 0.3) is 0 Å². The van der Waals surface area contributed by atoms with Gasteiger partial charge in [-0.2, -0.15) is 4.31 Å². The summed E-state index contributed by atoms with van der Waals surface area (Å²) in [6.45, 7) is 4.16. The van der Waals surface area contributed by atoms with Gasteiger partial charge in [0.15, 0.2) is 0 Å². The van der Waals surface area contributed by atoms with Gasteiger partial charge in [0.25, 0.3) is 0 Å². The standard InChI is InChI=1S/C14H23N3O2S2/c1-15-10-13-14(5-9-20-13)21(18,19)17-8-4-12(11-17)16-6-2-3-7-16/h5,9,12,15H,2-4,6-8,10-11H2,1H3. The van der Waals surface area contributed by atoms with E-state index in [9.17, 15) is 8.42 Å². The molecule has 0 aromatic carbocycles. The predicted octanol–water partition coefficient (Wildman–Crippen LogP) is 1.33. The van der Waals surface area contributed by atoms with Crippen LogP contribution in [0, 0.1) is 0 Å². The van der Waals surface area contributed by atoms with Gasteiger partial charge in [-0.25, -0.2) is 8.42 Å². The molecule has 21 heavy (non-hydrogen) atoms. The number of sulfonamides is 1. The molecule has 7 heteroatoms. The van der Waals surface area contributed by atoms with Gasteiger partial charge in [0, 0.05) is 30.6 Å². The fraction of sp³-hybridized carbons (Fsp3) is 0.714. The molecule has 1 aromatic heterocycles. The summed E-state index contributed by atoms with van der Waals surface area (Å²) >= 11 is 1.51. The number of thiophene rings is 1. The molecule has 0 bridgehead atoms. The molecule has 1 aromatic rings. The molecular formula is C14H23N3O2S2. The van der Waals surface area contributed by atoms with Crippen LogP contribution >= 0.6 is 11.3 Å². The first-order chi connectivity index (χ1) is 10.1. The SMILES string of the molecule is CNCc1sccc1S(=O)(=O)N1CCC(N2CCCC2)C1. The summed E-state index contributed by atoms with van der Waals surface area (Å²) in [6, 6.07) is 2.16. The predicted molar refractivity (Wildman–Crippen MR) is 85.1 cm³/mol. The number of rotatable bonds is 5. The number of hydrogen-bond donors (Lipinski definition) is 1. The molecule has 0 aliphatic carbocycles. The first-order valence-electron chi connectivity index (χ1n) is 7.58. The highest BCUT2D eigenvalue weighted by atomic mass is 32.2. The first-order valence-corrected chi connectivity index (χ1v) is 9.90. The number of hydrogen-bond acceptors (Lipinski definition) is 5. The van der Waals surface area contributed by atoms with E-state index in [2.05, 4.69) is 10.2 Å². The van der Waals surface area contributed by atoms with E-state index in [1.165, 1.54) is 24.2 Å². The van der Waals surface area contributed by atoms with Crippen LogP contribution in [0.15, 0.2) is 16.3 Å². The smallest absolute Gasteiger partial charge is 0.244 e. The molecule has 2 aliphatic heterocycles. The summed E-state index contributed by atoms with van der Waals surface area (Å²) in [4.78, 5) is 3.85. The molecule has 2 fully saturated rings. The fourth-order valence-corrected chi connectivity index (χ4v) is 6.24. The van der Waals surface area contributed by atoms with Crippen molar-refractivity contribution in [1.29, 1.82) is 0 Å². The summed E-state index contributed by atoms with van der Waals surface area (Å²) in [5.41, 5.74) is 0. The monoisotopic (exact) mass is 329 g/mol. The summed E-state index contributed by atoms with van der Waals surface area (Å²) in [7, 11) is -1.49. The molecule has 0 spiro atoms. The summed E-state index contributed by atoms with van der Waals surface area (Å²) in [5.74, 6) is 0. The zero-order valence-corrected chi connectivity index (χ0v) is 14.0. The summed E-state index contributed by atoms with van der Waals surface area (Å²) in [5, 5.41) is 4.91. The van der Waals surface area contributed by atoms with E-state index < -0.39 is 10.0 Å². The largest absolute Gasteiger partial charge is 0.315 e. The molecule has 2 saturated heterocycles. The lowest BCUT2D eigenvalue weighted by atomic mass is 10.2. The second kappa shape index (κ2) is 6.34. The lowest BCUT2D eigenvalue weighted by molar-refractivity contribution is 0.251. The van der Waals surface area contributed by atoms with Crippen molar-refractivity contribution in [3.8, 4) is 0 Å². The summed E-state index contributed by atoms with van der Waals surface area (Å²) in [6.07, 6.45) is 3.46. The van der Waals surface area contributed by atoms with Crippen molar-refractivity contribution in [3.05, 3.63) is 16.3 Å². The molecule has 5 nitrogen and oxygen atoms in total. The Bertz CT molecular complexity index is 579. The van der Waals surface area contributed by atoms with Crippen LogP contribution in [0.1, 0.15) is 24.1 Å². The number of nitrogens with one attached hydrogen (secondary N) is 1. The van der Waals surface area contributed by atoms with Gasteiger partial charge in [-0.05, 0) is 50.8 Å². The molecule has 1 N–H and O–H groups in total. The zero-order chi connectivity index (χ0) is 14.9. The van der Waals surface area contributed by atoms with Crippen LogP contribution in [0.2, 0.25) is 0 Å². The van der Waals surface area contributed by atoms with Gasteiger partial charge in [0.05, 0.1) is 4.90 Å². The van der Waals surface area contributed by atoms with Crippen LogP contribution in [0.5, 0.6) is 0 Å². The van der Waals surface area contributed by atoms with E-state index in [1.807, 2.05) is 12.4 Å². The van der Waals surface area contributed by atoms with Crippen molar-refractivity contribution >= 4 is 21.4 Å². The van der Waals surface area contributed by atoms with Crippen LogP contribution in [0.4, 0.5) is 0 Å². The fourth-order valence-electron chi connectivity index (χ4n) is 3.32. The van der Waals surface area contributed by atoms with Crippen molar-refractivity contribution in [1.82, 2.24) is 14.5 Å². The van der Waals surface area contributed by atoms with Crippen molar-refractivity contribution < 1.29 is 8.42 Å². The lowest BCUT2D eigenvalue weighted by Crippen LogP contribution is -2.37. The van der Waals surface area contributed by atoms with Crippen molar-refractivity contribution in [2.24, 2.45) is 0 Å². The Hall–Kier alpha value is -0.470. The van der Waals surface area contributed by atoms with Crippen LogP contribution in [-0.4, -0.2) is 56.9 Å². The normalized spacial score (nSPS) is 24.9. The number of nitrogens with zero attached hydrogens (tertiary/aromatic N) is 2. The zero-order valence-electron chi connectivity index (χ0n) is 12.4. The van der Waals surface area contributed by atoms with Gasteiger partial charge in [-0.15, -0.1) is 11.3 Å². The first kappa shape index (κ1) is 15.4. The third-order valence-corrected chi connectivity index (χ3v) is 7.44. The van der Waals surface area contributed by atoms with Gasteiger partial charge in [-0.3, -0.25) is 4.90 Å². The Morgan fingerprint density at radius 1 is 1.33 bits per heavy atom. The van der Waals surface area contributed by atoms with Crippen LogP contribution in [-0.2, 0) is 16.6 Å². The average Bonchev–Trinajstić information content (AvgIpc) is 3.20. The van der Waals surface area contributed by atoms with Gasteiger partial charge in [0.2, 0.25) is 10.0 Å². The molecule has 2 aliphatic rings. The average molecular weight is 329 g/mol. The third kappa shape index (κ3) is 3.03. The maximum absolute atomic E-state index is 12.8. The molecule has 0 radical (unpaired) electrons. The number of likely N-dealkylation sites (tertiary alicyclic amines) is 1. The highest BCUT2D eigenvalue weighted by molar-refractivity contribution is 7.89. The molecule has 3 rings (SSSR count). The molecule has 1 atom stereocenters. The van der Waals surface area contributed by atoms with E-state index in [-0.39, 0.29) is 0 Å². The van der Waals surface area contributed by atoms with Crippen LogP contribution < -0.4 is 5.32 Å². The molecule has 3 heterocycles. The van der Waals surface area contributed by atoms with Gasteiger partial charge < -0.3 is 5.32 Å². The van der Waals surface area contributed by atoms with Gasteiger partial charge >= 0.3 is 0 Å². The Kier molecular flexibility index (Phi) is 4.66. The van der Waals surface area contributed by atoms with E-state index in [0.29, 0.717) is 30.6 Å². The molecule has 118 valence electrons. The Morgan fingerprint density at radius 3 is 2.81 bits per heavy atom. The van der Waals surface area contributed by atoms with Gasteiger partial charge in [0.1, 0.15) is 0 Å². The van der Waals surface area contributed by atoms with Crippen molar-refractivity contribution in [2.45, 2.75) is 36.7 Å². The lowest BCUT2D eigenvalue weighted by Gasteiger charge is -2.23. The van der Waals surface area contributed by atoms with Gasteiger partial charge in [-0.1, -0.05) is 0 Å². The Balaban J connectivity index is 1.75. The highest BCUT2D eigenvalue weighted by Crippen LogP contribution is 2.29. The topological polar surface area (TPSA) is 52.7 Å². The minimum Gasteiger partial charge on any atom is -0.315 e. The highest BCUT2D eigenvalue weighted by Gasteiger charge is 2.36. The molecular weight excluding hydrogens is 306 g/mol. The minimum absolute atomic E-state index is 0.411. The van der Waals surface area contributed by atoms with E-state index in [0.717, 1.165) is 24.4 Å². The second-order valence-corrected chi connectivity index (χ2v) is 8.69. The minimum atomic E-state index is -3.33. The molecule has 0 amide bonds. The maximum Gasteiger partial charge on any atom is 0.244 e. The van der Waals surface area contributed by atoms with Crippen molar-refractivity contribution in [2.75, 3.05) is 33.2 Å². The van der Waals surface area contributed by atoms with E-state index in [4.69, 9.17) is 0 Å². The second-order valence-electron chi connectivity index (χ2n) is 5.79. The molecule has 1 unspecified atom stereocenters. The van der Waals surface area contributed by atoms with E-state index >= 15 is 0 Å². The third-order valence-electron chi connectivity index (χ3n) is 4.44. The van der Waals surface area contributed by atoms with Crippen LogP contribution in [0.3, 0.4) is 0 Å². The molecule has 0 saturated carbocycles. The maximum atomic E-state index is 12.8. The van der Waals surface area contributed by atoms with Crippen molar-refractivity contribution in [3.63, 3.8) is 0 Å².